The number of Topliss-reactive ketones (excluding diaryl/α,β-unsaturated/α-hetero) is 1. The van der Waals surface area contributed by atoms with Gasteiger partial charge in [0.2, 0.25) is 0 Å². The van der Waals surface area contributed by atoms with E-state index >= 15 is 0 Å². The normalized spacial score (nSPS) is 12.2. The summed E-state index contributed by atoms with van der Waals surface area (Å²) in [6.45, 7) is 3.40. The Morgan fingerprint density at radius 2 is 2.18 bits per heavy atom. The van der Waals surface area contributed by atoms with Crippen LogP contribution in [0.4, 0.5) is 5.69 Å². The lowest BCUT2D eigenvalue weighted by atomic mass is 9.93. The summed E-state index contributed by atoms with van der Waals surface area (Å²) in [6, 6.07) is 4.42. The van der Waals surface area contributed by atoms with E-state index in [9.17, 15) is 14.9 Å². The van der Waals surface area contributed by atoms with Crippen LogP contribution in [0.3, 0.4) is 0 Å². The van der Waals surface area contributed by atoms with Crippen molar-refractivity contribution in [3.05, 3.63) is 38.9 Å². The minimum Gasteiger partial charge on any atom is -0.300 e. The Balaban J connectivity index is 3.07. The first kappa shape index (κ1) is 13.6. The zero-order valence-electron chi connectivity index (χ0n) is 9.77. The number of ketones is 1. The Bertz CT molecular complexity index is 445. The molecule has 5 heteroatoms. The quantitative estimate of drug-likeness (QED) is 0.598. The number of hydrogen-bond acceptors (Lipinski definition) is 3. The second kappa shape index (κ2) is 5.77. The summed E-state index contributed by atoms with van der Waals surface area (Å²) in [6.07, 6.45) is 1.03. The fourth-order valence-electron chi connectivity index (χ4n) is 1.74. The van der Waals surface area contributed by atoms with Gasteiger partial charge in [0.05, 0.1) is 4.92 Å². The highest BCUT2D eigenvalue weighted by Gasteiger charge is 2.19. The Hall–Kier alpha value is -1.42. The van der Waals surface area contributed by atoms with Crippen molar-refractivity contribution < 1.29 is 9.72 Å². The van der Waals surface area contributed by atoms with E-state index in [1.54, 1.807) is 6.07 Å². The summed E-state index contributed by atoms with van der Waals surface area (Å²) in [4.78, 5) is 21.7. The summed E-state index contributed by atoms with van der Waals surface area (Å²) >= 11 is 5.82. The third-order valence-electron chi connectivity index (χ3n) is 2.77. The SMILES string of the molecule is CCC(Cc1cc(Cl)ccc1[N+](=O)[O-])C(C)=O. The molecule has 1 rings (SSSR count). The van der Waals surface area contributed by atoms with Crippen LogP contribution in [-0.4, -0.2) is 10.7 Å². The molecule has 0 aromatic heterocycles. The van der Waals surface area contributed by atoms with E-state index in [0.717, 1.165) is 0 Å². The van der Waals surface area contributed by atoms with Crippen molar-refractivity contribution in [1.29, 1.82) is 0 Å². The molecule has 0 amide bonds. The van der Waals surface area contributed by atoms with Gasteiger partial charge in [0.15, 0.2) is 0 Å². The molecule has 0 heterocycles. The molecule has 92 valence electrons. The Kier molecular flexibility index (Phi) is 4.63. The van der Waals surface area contributed by atoms with Crippen LogP contribution in [0.2, 0.25) is 5.02 Å². The van der Waals surface area contributed by atoms with E-state index in [4.69, 9.17) is 11.6 Å². The summed E-state index contributed by atoms with van der Waals surface area (Å²) < 4.78 is 0. The maximum absolute atomic E-state index is 11.3. The van der Waals surface area contributed by atoms with Gasteiger partial charge in [-0.2, -0.15) is 0 Å². The second-order valence-electron chi connectivity index (χ2n) is 3.95. The summed E-state index contributed by atoms with van der Waals surface area (Å²) in [5.74, 6) is -0.144. The van der Waals surface area contributed by atoms with Crippen LogP contribution in [0, 0.1) is 16.0 Å². The van der Waals surface area contributed by atoms with Gasteiger partial charge in [-0.05, 0) is 31.9 Å². The Morgan fingerprint density at radius 3 is 2.65 bits per heavy atom. The standard InChI is InChI=1S/C12H14ClNO3/c1-3-9(8(2)15)6-10-7-11(13)4-5-12(10)14(16)17/h4-5,7,9H,3,6H2,1-2H3. The van der Waals surface area contributed by atoms with Crippen molar-refractivity contribution in [2.75, 3.05) is 0 Å². The van der Waals surface area contributed by atoms with Gasteiger partial charge in [0.25, 0.3) is 5.69 Å². The fourth-order valence-corrected chi connectivity index (χ4v) is 1.93. The third kappa shape index (κ3) is 3.53. The number of carbonyl (C=O) groups excluding carboxylic acids is 1. The number of nitro groups is 1. The Labute approximate surface area is 105 Å². The molecule has 0 fully saturated rings. The second-order valence-corrected chi connectivity index (χ2v) is 4.39. The van der Waals surface area contributed by atoms with Crippen LogP contribution in [0.25, 0.3) is 0 Å². The first-order valence-corrected chi connectivity index (χ1v) is 5.76. The van der Waals surface area contributed by atoms with Crippen molar-refractivity contribution in [3.8, 4) is 0 Å². The number of nitro benzene ring substituents is 1. The molecule has 1 aromatic rings. The number of carbonyl (C=O) groups is 1. The van der Waals surface area contributed by atoms with E-state index in [2.05, 4.69) is 0 Å². The average Bonchev–Trinajstić information content (AvgIpc) is 2.25. The van der Waals surface area contributed by atoms with Crippen molar-refractivity contribution >= 4 is 23.1 Å². The summed E-state index contributed by atoms with van der Waals surface area (Å²) in [5, 5.41) is 11.3. The minimum atomic E-state index is -0.446. The molecule has 0 N–H and O–H groups in total. The van der Waals surface area contributed by atoms with Gasteiger partial charge in [0.1, 0.15) is 5.78 Å². The van der Waals surface area contributed by atoms with E-state index in [0.29, 0.717) is 23.4 Å². The van der Waals surface area contributed by atoms with Crippen LogP contribution >= 0.6 is 11.6 Å². The van der Waals surface area contributed by atoms with E-state index in [1.807, 2.05) is 6.92 Å². The van der Waals surface area contributed by atoms with Gasteiger partial charge < -0.3 is 0 Å². The van der Waals surface area contributed by atoms with Crippen LogP contribution in [-0.2, 0) is 11.2 Å². The molecular formula is C12H14ClNO3. The molecule has 1 atom stereocenters. The molecule has 4 nitrogen and oxygen atoms in total. The maximum atomic E-state index is 11.3. The zero-order valence-corrected chi connectivity index (χ0v) is 10.5. The Morgan fingerprint density at radius 1 is 1.53 bits per heavy atom. The number of hydrogen-bond donors (Lipinski definition) is 0. The number of halogens is 1. The van der Waals surface area contributed by atoms with Gasteiger partial charge in [0, 0.05) is 22.6 Å². The molecule has 0 aliphatic heterocycles. The lowest BCUT2D eigenvalue weighted by Crippen LogP contribution is -2.13. The third-order valence-corrected chi connectivity index (χ3v) is 3.01. The highest BCUT2D eigenvalue weighted by molar-refractivity contribution is 6.30. The molecular weight excluding hydrogens is 242 g/mol. The molecule has 0 saturated carbocycles. The van der Waals surface area contributed by atoms with E-state index < -0.39 is 4.92 Å². The van der Waals surface area contributed by atoms with Crippen molar-refractivity contribution in [2.24, 2.45) is 5.92 Å². The predicted molar refractivity (Wildman–Crippen MR) is 66.3 cm³/mol. The van der Waals surface area contributed by atoms with Crippen molar-refractivity contribution in [1.82, 2.24) is 0 Å². The van der Waals surface area contributed by atoms with Crippen molar-refractivity contribution in [2.45, 2.75) is 26.7 Å². The molecule has 1 aromatic carbocycles. The zero-order chi connectivity index (χ0) is 13.0. The van der Waals surface area contributed by atoms with E-state index in [1.165, 1.54) is 19.1 Å². The summed E-state index contributed by atoms with van der Waals surface area (Å²) in [7, 11) is 0. The van der Waals surface area contributed by atoms with Crippen LogP contribution in [0.1, 0.15) is 25.8 Å². The molecule has 17 heavy (non-hydrogen) atoms. The monoisotopic (exact) mass is 255 g/mol. The smallest absolute Gasteiger partial charge is 0.272 e. The number of rotatable bonds is 5. The van der Waals surface area contributed by atoms with Crippen LogP contribution < -0.4 is 0 Å². The first-order chi connectivity index (χ1) is 7.95. The molecule has 1 unspecified atom stereocenters. The van der Waals surface area contributed by atoms with E-state index in [-0.39, 0.29) is 17.4 Å². The van der Waals surface area contributed by atoms with Gasteiger partial charge in [-0.15, -0.1) is 0 Å². The highest BCUT2D eigenvalue weighted by atomic mass is 35.5. The molecule has 0 spiro atoms. The predicted octanol–water partition coefficient (Wildman–Crippen LogP) is 3.41. The molecule has 0 aliphatic carbocycles. The minimum absolute atomic E-state index is 0.0223. The highest BCUT2D eigenvalue weighted by Crippen LogP contribution is 2.26. The van der Waals surface area contributed by atoms with Gasteiger partial charge in [-0.3, -0.25) is 14.9 Å². The maximum Gasteiger partial charge on any atom is 0.272 e. The van der Waals surface area contributed by atoms with Gasteiger partial charge >= 0.3 is 0 Å². The van der Waals surface area contributed by atoms with Crippen LogP contribution in [0.5, 0.6) is 0 Å². The van der Waals surface area contributed by atoms with Crippen molar-refractivity contribution in [3.63, 3.8) is 0 Å². The number of nitrogens with zero attached hydrogens (tertiary/aromatic N) is 1. The lowest BCUT2D eigenvalue weighted by molar-refractivity contribution is -0.385. The average molecular weight is 256 g/mol. The first-order valence-electron chi connectivity index (χ1n) is 5.39. The molecule has 0 bridgehead atoms. The number of benzene rings is 1. The van der Waals surface area contributed by atoms with Gasteiger partial charge in [-0.25, -0.2) is 0 Å². The fraction of sp³-hybridized carbons (Fsp3) is 0.417. The molecule has 0 aliphatic rings. The summed E-state index contributed by atoms with van der Waals surface area (Å²) in [5.41, 5.74) is 0.540. The lowest BCUT2D eigenvalue weighted by Gasteiger charge is -2.11. The topological polar surface area (TPSA) is 60.2 Å². The molecule has 0 radical (unpaired) electrons. The van der Waals surface area contributed by atoms with Gasteiger partial charge in [-0.1, -0.05) is 18.5 Å². The largest absolute Gasteiger partial charge is 0.300 e. The molecule has 0 saturated heterocycles. The van der Waals surface area contributed by atoms with Crippen LogP contribution in [0.15, 0.2) is 18.2 Å².